The van der Waals surface area contributed by atoms with Gasteiger partial charge in [0.1, 0.15) is 6.29 Å². The summed E-state index contributed by atoms with van der Waals surface area (Å²) in [7, 11) is 1.71. The molecule has 0 rings (SSSR count). The van der Waals surface area contributed by atoms with Gasteiger partial charge in [-0.2, -0.15) is 0 Å². The van der Waals surface area contributed by atoms with E-state index < -0.39 is 0 Å². The molecule has 0 fully saturated rings. The quantitative estimate of drug-likeness (QED) is 0.467. The number of hydrogen-bond acceptors (Lipinski definition) is 2. The number of aldehydes is 1. The van der Waals surface area contributed by atoms with E-state index in [4.69, 9.17) is 4.74 Å². The van der Waals surface area contributed by atoms with Crippen LogP contribution in [0.4, 0.5) is 0 Å². The Morgan fingerprint density at radius 3 is 2.42 bits per heavy atom. The number of hydrogen-bond donors (Lipinski definition) is 0. The first-order chi connectivity index (χ1) is 5.61. The van der Waals surface area contributed by atoms with Crippen molar-refractivity contribution in [2.45, 2.75) is 33.3 Å². The highest BCUT2D eigenvalue weighted by atomic mass is 16.5. The largest absolute Gasteiger partial charge is 0.381 e. The maximum Gasteiger partial charge on any atom is 0.142 e. The lowest BCUT2D eigenvalue weighted by Crippen LogP contribution is -2.18. The lowest BCUT2D eigenvalue weighted by Gasteiger charge is -2.18. The number of allylic oxidation sites excluding steroid dienone is 1. The highest BCUT2D eigenvalue weighted by Gasteiger charge is 2.11. The molecule has 1 atom stereocenters. The Bertz CT molecular complexity index is 159. The summed E-state index contributed by atoms with van der Waals surface area (Å²) >= 11 is 0. The minimum atomic E-state index is 0.223. The van der Waals surface area contributed by atoms with Gasteiger partial charge in [0.25, 0.3) is 0 Å². The summed E-state index contributed by atoms with van der Waals surface area (Å²) in [5, 5.41) is 0. The molecule has 0 saturated heterocycles. The van der Waals surface area contributed by atoms with E-state index >= 15 is 0 Å². The molecule has 2 nitrogen and oxygen atoms in total. The standard InChI is InChI=1S/C10H18O2/c1-8(2)10(12-4)7-9(3)5-6-11/h5-6,8,10H,7H2,1-4H3. The Morgan fingerprint density at radius 2 is 2.08 bits per heavy atom. The van der Waals surface area contributed by atoms with Crippen LogP contribution in [0, 0.1) is 5.92 Å². The first-order valence-corrected chi connectivity index (χ1v) is 4.25. The number of carbonyl (C=O) groups is 1. The molecule has 0 N–H and O–H groups in total. The second-order valence-corrected chi connectivity index (χ2v) is 3.37. The van der Waals surface area contributed by atoms with E-state index in [0.29, 0.717) is 5.92 Å². The molecule has 1 unspecified atom stereocenters. The van der Waals surface area contributed by atoms with Crippen LogP contribution in [-0.4, -0.2) is 19.5 Å². The van der Waals surface area contributed by atoms with Crippen LogP contribution in [0.3, 0.4) is 0 Å². The maximum absolute atomic E-state index is 10.1. The van der Waals surface area contributed by atoms with Gasteiger partial charge in [-0.05, 0) is 25.3 Å². The molecule has 2 heteroatoms. The van der Waals surface area contributed by atoms with Crippen molar-refractivity contribution in [2.75, 3.05) is 7.11 Å². The molecule has 0 spiro atoms. The summed E-state index contributed by atoms with van der Waals surface area (Å²) in [6.07, 6.45) is 3.48. The Kier molecular flexibility index (Phi) is 5.64. The second-order valence-electron chi connectivity index (χ2n) is 3.37. The summed E-state index contributed by atoms with van der Waals surface area (Å²) in [5.74, 6) is 0.491. The summed E-state index contributed by atoms with van der Waals surface area (Å²) in [4.78, 5) is 10.1. The Balaban J connectivity index is 4.02. The van der Waals surface area contributed by atoms with E-state index in [9.17, 15) is 4.79 Å². The Hall–Kier alpha value is -0.630. The summed E-state index contributed by atoms with van der Waals surface area (Å²) < 4.78 is 5.27. The molecular formula is C10H18O2. The highest BCUT2D eigenvalue weighted by molar-refractivity contribution is 5.65. The average molecular weight is 170 g/mol. The first-order valence-electron chi connectivity index (χ1n) is 4.25. The summed E-state index contributed by atoms with van der Waals surface area (Å²) in [6, 6.07) is 0. The van der Waals surface area contributed by atoms with Gasteiger partial charge in [0.15, 0.2) is 0 Å². The van der Waals surface area contributed by atoms with Crippen molar-refractivity contribution in [3.63, 3.8) is 0 Å². The lowest BCUT2D eigenvalue weighted by atomic mass is 10.00. The van der Waals surface area contributed by atoms with Crippen molar-refractivity contribution < 1.29 is 9.53 Å². The molecule has 0 saturated carbocycles. The lowest BCUT2D eigenvalue weighted by molar-refractivity contribution is -0.104. The van der Waals surface area contributed by atoms with E-state index in [1.807, 2.05) is 6.92 Å². The molecule has 0 aromatic carbocycles. The van der Waals surface area contributed by atoms with Gasteiger partial charge < -0.3 is 4.74 Å². The minimum Gasteiger partial charge on any atom is -0.381 e. The van der Waals surface area contributed by atoms with E-state index in [1.54, 1.807) is 13.2 Å². The maximum atomic E-state index is 10.1. The molecule has 0 aliphatic heterocycles. The Morgan fingerprint density at radius 1 is 1.50 bits per heavy atom. The predicted molar refractivity (Wildman–Crippen MR) is 50.1 cm³/mol. The third-order valence-electron chi connectivity index (χ3n) is 1.92. The number of ether oxygens (including phenoxy) is 1. The molecular weight excluding hydrogens is 152 g/mol. The molecule has 12 heavy (non-hydrogen) atoms. The van der Waals surface area contributed by atoms with Crippen LogP contribution in [-0.2, 0) is 9.53 Å². The molecule has 0 heterocycles. The van der Waals surface area contributed by atoms with Gasteiger partial charge in [-0.15, -0.1) is 0 Å². The fraction of sp³-hybridized carbons (Fsp3) is 0.700. The van der Waals surface area contributed by atoms with Gasteiger partial charge >= 0.3 is 0 Å². The van der Waals surface area contributed by atoms with Crippen LogP contribution >= 0.6 is 0 Å². The monoisotopic (exact) mass is 170 g/mol. The fourth-order valence-corrected chi connectivity index (χ4v) is 1.09. The Labute approximate surface area is 74.6 Å². The average Bonchev–Trinajstić information content (AvgIpc) is 2.00. The van der Waals surface area contributed by atoms with Crippen molar-refractivity contribution in [3.05, 3.63) is 11.6 Å². The van der Waals surface area contributed by atoms with Crippen molar-refractivity contribution in [2.24, 2.45) is 5.92 Å². The third-order valence-corrected chi connectivity index (χ3v) is 1.92. The topological polar surface area (TPSA) is 26.3 Å². The molecule has 0 aliphatic rings. The van der Waals surface area contributed by atoms with E-state index in [1.165, 1.54) is 0 Å². The SMILES string of the molecule is COC(CC(C)=CC=O)C(C)C. The van der Waals surface area contributed by atoms with E-state index in [0.717, 1.165) is 18.3 Å². The molecule has 0 aromatic heterocycles. The number of rotatable bonds is 5. The van der Waals surface area contributed by atoms with E-state index in [-0.39, 0.29) is 6.10 Å². The highest BCUT2D eigenvalue weighted by Crippen LogP contribution is 2.14. The molecule has 70 valence electrons. The van der Waals surface area contributed by atoms with Gasteiger partial charge in [0.05, 0.1) is 6.10 Å². The van der Waals surface area contributed by atoms with Crippen molar-refractivity contribution in [1.82, 2.24) is 0 Å². The van der Waals surface area contributed by atoms with Crippen LogP contribution in [0.2, 0.25) is 0 Å². The predicted octanol–water partition coefficient (Wildman–Crippen LogP) is 2.19. The van der Waals surface area contributed by atoms with Gasteiger partial charge in [-0.3, -0.25) is 4.79 Å². The van der Waals surface area contributed by atoms with E-state index in [2.05, 4.69) is 13.8 Å². The molecule has 0 amide bonds. The van der Waals surface area contributed by atoms with Crippen LogP contribution in [0.1, 0.15) is 27.2 Å². The number of carbonyl (C=O) groups excluding carboxylic acids is 1. The summed E-state index contributed by atoms with van der Waals surface area (Å²) in [5.41, 5.74) is 1.07. The number of methoxy groups -OCH3 is 1. The van der Waals surface area contributed by atoms with Gasteiger partial charge in [-0.1, -0.05) is 19.4 Å². The molecule has 0 aromatic rings. The van der Waals surface area contributed by atoms with Crippen LogP contribution in [0.25, 0.3) is 0 Å². The van der Waals surface area contributed by atoms with Crippen molar-refractivity contribution >= 4 is 6.29 Å². The summed E-state index contributed by atoms with van der Waals surface area (Å²) in [6.45, 7) is 6.17. The van der Waals surface area contributed by atoms with Crippen LogP contribution in [0.15, 0.2) is 11.6 Å². The van der Waals surface area contributed by atoms with Crippen molar-refractivity contribution in [3.8, 4) is 0 Å². The van der Waals surface area contributed by atoms with Gasteiger partial charge in [0, 0.05) is 7.11 Å². The fourth-order valence-electron chi connectivity index (χ4n) is 1.09. The smallest absolute Gasteiger partial charge is 0.142 e. The van der Waals surface area contributed by atoms with Gasteiger partial charge in [0.2, 0.25) is 0 Å². The zero-order valence-electron chi connectivity index (χ0n) is 8.33. The van der Waals surface area contributed by atoms with Crippen LogP contribution < -0.4 is 0 Å². The normalized spacial score (nSPS) is 14.9. The zero-order chi connectivity index (χ0) is 9.56. The zero-order valence-corrected chi connectivity index (χ0v) is 8.33. The van der Waals surface area contributed by atoms with Crippen LogP contribution in [0.5, 0.6) is 0 Å². The molecule has 0 radical (unpaired) electrons. The second kappa shape index (κ2) is 5.95. The molecule has 0 bridgehead atoms. The van der Waals surface area contributed by atoms with Crippen molar-refractivity contribution in [1.29, 1.82) is 0 Å². The molecule has 0 aliphatic carbocycles. The van der Waals surface area contributed by atoms with Gasteiger partial charge in [-0.25, -0.2) is 0 Å². The third kappa shape index (κ3) is 4.29. The minimum absolute atomic E-state index is 0.223. The first kappa shape index (κ1) is 11.4.